The number of carboxylic acid groups (broad SMARTS) is 3. The van der Waals surface area contributed by atoms with E-state index in [1.807, 2.05) is 0 Å². The van der Waals surface area contributed by atoms with Gasteiger partial charge in [0.05, 0.1) is 0 Å². The summed E-state index contributed by atoms with van der Waals surface area (Å²) in [6.07, 6.45) is 14.8. The van der Waals surface area contributed by atoms with E-state index in [0.717, 1.165) is 31.1 Å². The lowest BCUT2D eigenvalue weighted by Crippen LogP contribution is -2.02. The Hall–Kier alpha value is -2.45. The first-order valence-corrected chi connectivity index (χ1v) is 10.0. The number of aliphatic hydroxyl groups excluding tert-OH is 1. The Balaban J connectivity index is -0.000000184. The van der Waals surface area contributed by atoms with Crippen molar-refractivity contribution in [3.05, 3.63) is 38.0 Å². The van der Waals surface area contributed by atoms with Crippen LogP contribution in [0.4, 0.5) is 0 Å². The van der Waals surface area contributed by atoms with E-state index in [1.54, 1.807) is 0 Å². The molecule has 0 aliphatic carbocycles. The third-order valence-electron chi connectivity index (χ3n) is 3.34. The molecule has 0 spiro atoms. The van der Waals surface area contributed by atoms with Gasteiger partial charge in [-0.1, -0.05) is 84.4 Å². The quantitative estimate of drug-likeness (QED) is 0.154. The van der Waals surface area contributed by atoms with Crippen molar-refractivity contribution >= 4 is 17.9 Å². The molecular weight excluding hydrogens is 392 g/mol. The van der Waals surface area contributed by atoms with Gasteiger partial charge in [0.15, 0.2) is 6.29 Å². The van der Waals surface area contributed by atoms with Gasteiger partial charge in [-0.3, -0.25) is 0 Å². The molecule has 0 aromatic rings. The molecule has 0 heterocycles. The molecule has 0 radical (unpaired) electrons. The van der Waals surface area contributed by atoms with Crippen LogP contribution in [0.2, 0.25) is 0 Å². The highest BCUT2D eigenvalue weighted by atomic mass is 16.5. The maximum atomic E-state index is 9.25. The number of carbonyl (C=O) groups is 3. The molecular formula is C22H40O8. The summed E-state index contributed by atoms with van der Waals surface area (Å²) < 4.78 is 0. The smallest absolute Gasteiger partial charge is 0.327 e. The Bertz CT molecular complexity index is 402. The van der Waals surface area contributed by atoms with E-state index >= 15 is 0 Å². The molecule has 8 heteroatoms. The minimum absolute atomic E-state index is 0.538. The maximum Gasteiger partial charge on any atom is 0.327 e. The van der Waals surface area contributed by atoms with Crippen LogP contribution in [0.5, 0.6) is 0 Å². The van der Waals surface area contributed by atoms with Crippen molar-refractivity contribution in [3.8, 4) is 0 Å². The van der Waals surface area contributed by atoms with E-state index in [0.29, 0.717) is 6.42 Å². The summed E-state index contributed by atoms with van der Waals surface area (Å²) in [5.41, 5.74) is 0. The van der Waals surface area contributed by atoms with E-state index in [1.165, 1.54) is 51.4 Å². The number of rotatable bonds is 14. The summed E-state index contributed by atoms with van der Waals surface area (Å²) in [6, 6.07) is 0. The van der Waals surface area contributed by atoms with Gasteiger partial charge in [0.1, 0.15) is 0 Å². The predicted octanol–water partition coefficient (Wildman–Crippen LogP) is 4.38. The third kappa shape index (κ3) is 63.7. The van der Waals surface area contributed by atoms with Crippen molar-refractivity contribution in [2.75, 3.05) is 0 Å². The van der Waals surface area contributed by atoms with E-state index in [-0.39, 0.29) is 0 Å². The van der Waals surface area contributed by atoms with Gasteiger partial charge in [-0.25, -0.2) is 14.4 Å². The van der Waals surface area contributed by atoms with Crippen molar-refractivity contribution in [1.82, 2.24) is 0 Å². The summed E-state index contributed by atoms with van der Waals surface area (Å²) in [4.78, 5) is 27.8. The average Bonchev–Trinajstić information content (AvgIpc) is 2.70. The fourth-order valence-corrected chi connectivity index (χ4v) is 1.81. The Morgan fingerprint density at radius 3 is 1.07 bits per heavy atom. The minimum Gasteiger partial charge on any atom is -0.478 e. The zero-order chi connectivity index (χ0) is 24.2. The summed E-state index contributed by atoms with van der Waals surface area (Å²) in [6.45, 7) is 11.1. The molecule has 0 bridgehead atoms. The van der Waals surface area contributed by atoms with Crippen LogP contribution in [0.1, 0.15) is 77.6 Å². The Labute approximate surface area is 180 Å². The minimum atomic E-state index is -1.10. The van der Waals surface area contributed by atoms with Crippen molar-refractivity contribution in [3.63, 3.8) is 0 Å². The molecule has 0 atom stereocenters. The Kier molecular flexibility index (Phi) is 36.5. The van der Waals surface area contributed by atoms with Crippen LogP contribution in [0, 0.1) is 0 Å². The second-order valence-electron chi connectivity index (χ2n) is 6.08. The highest BCUT2D eigenvalue weighted by Crippen LogP contribution is 2.11. The van der Waals surface area contributed by atoms with E-state index in [9.17, 15) is 14.4 Å². The highest BCUT2D eigenvalue weighted by Gasteiger charge is 1.96. The molecule has 0 rings (SSSR count). The molecule has 0 aliphatic rings. The number of unbranched alkanes of at least 4 members (excludes halogenated alkanes) is 9. The Morgan fingerprint density at radius 2 is 0.867 bits per heavy atom. The van der Waals surface area contributed by atoms with Gasteiger partial charge in [0.25, 0.3) is 0 Å². The van der Waals surface area contributed by atoms with Crippen LogP contribution < -0.4 is 0 Å². The Morgan fingerprint density at radius 1 is 0.633 bits per heavy atom. The maximum absolute atomic E-state index is 9.25. The lowest BCUT2D eigenvalue weighted by atomic mass is 10.1. The van der Waals surface area contributed by atoms with E-state index < -0.39 is 24.2 Å². The van der Waals surface area contributed by atoms with E-state index in [2.05, 4.69) is 26.7 Å². The van der Waals surface area contributed by atoms with Crippen LogP contribution in [0.25, 0.3) is 0 Å². The van der Waals surface area contributed by atoms with Crippen molar-refractivity contribution in [1.29, 1.82) is 0 Å². The SMILES string of the molecule is C=CC(=O)O.C=CC(=O)O.C=CC(=O)O.CCCCCCCCCCCCC(O)O. The number of hydrogen-bond acceptors (Lipinski definition) is 5. The van der Waals surface area contributed by atoms with Gasteiger partial charge in [0.2, 0.25) is 0 Å². The molecule has 0 saturated carbocycles. The topological polar surface area (TPSA) is 152 Å². The molecule has 30 heavy (non-hydrogen) atoms. The van der Waals surface area contributed by atoms with Gasteiger partial charge in [0, 0.05) is 18.2 Å². The number of carboxylic acids is 3. The monoisotopic (exact) mass is 432 g/mol. The first-order chi connectivity index (χ1) is 14.1. The second kappa shape index (κ2) is 31.3. The fourth-order valence-electron chi connectivity index (χ4n) is 1.81. The first-order valence-electron chi connectivity index (χ1n) is 10.0. The van der Waals surface area contributed by atoms with Crippen LogP contribution in [0.15, 0.2) is 38.0 Å². The number of aliphatic carboxylic acids is 3. The fraction of sp³-hybridized carbons (Fsp3) is 0.591. The van der Waals surface area contributed by atoms with Crippen LogP contribution in [0.3, 0.4) is 0 Å². The molecule has 0 saturated heterocycles. The zero-order valence-electron chi connectivity index (χ0n) is 18.2. The largest absolute Gasteiger partial charge is 0.478 e. The third-order valence-corrected chi connectivity index (χ3v) is 3.34. The normalized spacial score (nSPS) is 8.80. The van der Waals surface area contributed by atoms with Gasteiger partial charge < -0.3 is 25.5 Å². The van der Waals surface area contributed by atoms with Crippen LogP contribution >= 0.6 is 0 Å². The molecule has 5 N–H and O–H groups in total. The molecule has 0 aliphatic heterocycles. The summed E-state index contributed by atoms with van der Waals surface area (Å²) in [5, 5.41) is 40.1. The van der Waals surface area contributed by atoms with Crippen molar-refractivity contribution in [2.24, 2.45) is 0 Å². The van der Waals surface area contributed by atoms with Crippen molar-refractivity contribution < 1.29 is 39.9 Å². The zero-order valence-corrected chi connectivity index (χ0v) is 18.2. The van der Waals surface area contributed by atoms with Gasteiger partial charge in [-0.15, -0.1) is 0 Å². The van der Waals surface area contributed by atoms with Gasteiger partial charge in [-0.05, 0) is 12.8 Å². The predicted molar refractivity (Wildman–Crippen MR) is 118 cm³/mol. The lowest BCUT2D eigenvalue weighted by molar-refractivity contribution is -0.132. The number of hydrogen-bond donors (Lipinski definition) is 5. The summed E-state index contributed by atoms with van der Waals surface area (Å²) in [7, 11) is 0. The summed E-state index contributed by atoms with van der Waals surface area (Å²) in [5.74, 6) is -2.94. The second-order valence-corrected chi connectivity index (χ2v) is 6.08. The van der Waals surface area contributed by atoms with E-state index in [4.69, 9.17) is 25.5 Å². The van der Waals surface area contributed by atoms with Gasteiger partial charge in [-0.2, -0.15) is 0 Å². The van der Waals surface area contributed by atoms with Gasteiger partial charge >= 0.3 is 17.9 Å². The van der Waals surface area contributed by atoms with Crippen LogP contribution in [-0.2, 0) is 14.4 Å². The first kappa shape index (κ1) is 35.0. The van der Waals surface area contributed by atoms with Crippen molar-refractivity contribution in [2.45, 2.75) is 83.8 Å². The molecule has 8 nitrogen and oxygen atoms in total. The molecule has 0 amide bonds. The standard InChI is InChI=1S/C13H28O2.3C3H4O2/c1-2-3-4-5-6-7-8-9-10-11-12-13(14)15;3*1-2-3(4)5/h13-15H,2-12H2,1H3;3*2H,1H2,(H,4,5). The van der Waals surface area contributed by atoms with Crippen LogP contribution in [-0.4, -0.2) is 49.7 Å². The molecule has 0 aromatic heterocycles. The molecule has 0 aromatic carbocycles. The highest BCUT2D eigenvalue weighted by molar-refractivity contribution is 5.79. The molecule has 0 fully saturated rings. The lowest BCUT2D eigenvalue weighted by Gasteiger charge is -2.03. The average molecular weight is 433 g/mol. The summed E-state index contributed by atoms with van der Waals surface area (Å²) >= 11 is 0. The molecule has 0 unspecified atom stereocenters. The molecule has 176 valence electrons. The number of aliphatic hydroxyl groups is 2.